The van der Waals surface area contributed by atoms with E-state index in [1.807, 2.05) is 0 Å². The SMILES string of the molecule is CCN(c1cc([C@@H]2CCOC2)nc(NCCO)n1)C1CCCCCC1. The van der Waals surface area contributed by atoms with Crippen LogP contribution >= 0.6 is 0 Å². The number of aliphatic hydroxyl groups is 1. The van der Waals surface area contributed by atoms with Crippen molar-refractivity contribution in [2.24, 2.45) is 0 Å². The largest absolute Gasteiger partial charge is 0.395 e. The van der Waals surface area contributed by atoms with Crippen molar-refractivity contribution in [3.63, 3.8) is 0 Å². The quantitative estimate of drug-likeness (QED) is 0.738. The zero-order chi connectivity index (χ0) is 17.5. The van der Waals surface area contributed by atoms with Gasteiger partial charge in [0, 0.05) is 37.7 Å². The molecule has 0 bridgehead atoms. The van der Waals surface area contributed by atoms with Gasteiger partial charge in [-0.1, -0.05) is 25.7 Å². The fourth-order valence-electron chi connectivity index (χ4n) is 4.00. The van der Waals surface area contributed by atoms with Gasteiger partial charge >= 0.3 is 0 Å². The molecule has 1 aliphatic heterocycles. The summed E-state index contributed by atoms with van der Waals surface area (Å²) >= 11 is 0. The van der Waals surface area contributed by atoms with Crippen LogP contribution in [0.3, 0.4) is 0 Å². The minimum atomic E-state index is 0.0789. The highest BCUT2D eigenvalue weighted by atomic mass is 16.5. The molecule has 1 aromatic rings. The molecule has 0 unspecified atom stereocenters. The molecule has 1 aliphatic carbocycles. The lowest BCUT2D eigenvalue weighted by Crippen LogP contribution is -2.36. The van der Waals surface area contributed by atoms with Gasteiger partial charge in [-0.2, -0.15) is 4.98 Å². The van der Waals surface area contributed by atoms with Crippen LogP contribution < -0.4 is 10.2 Å². The molecular weight excluding hydrogens is 316 g/mol. The molecule has 6 heteroatoms. The summed E-state index contributed by atoms with van der Waals surface area (Å²) in [6.45, 7) is 5.28. The molecule has 2 heterocycles. The van der Waals surface area contributed by atoms with Gasteiger partial charge in [-0.15, -0.1) is 0 Å². The molecule has 6 nitrogen and oxygen atoms in total. The summed E-state index contributed by atoms with van der Waals surface area (Å²) in [6, 6.07) is 2.73. The average molecular weight is 348 g/mol. The molecule has 2 N–H and O–H groups in total. The number of ether oxygens (including phenoxy) is 1. The van der Waals surface area contributed by atoms with E-state index in [0.717, 1.165) is 37.7 Å². The normalized spacial score (nSPS) is 21.9. The summed E-state index contributed by atoms with van der Waals surface area (Å²) in [4.78, 5) is 11.9. The lowest BCUT2D eigenvalue weighted by atomic mass is 10.0. The maximum absolute atomic E-state index is 9.12. The maximum Gasteiger partial charge on any atom is 0.224 e. The monoisotopic (exact) mass is 348 g/mol. The van der Waals surface area contributed by atoms with Crippen molar-refractivity contribution < 1.29 is 9.84 Å². The summed E-state index contributed by atoms with van der Waals surface area (Å²) in [7, 11) is 0. The number of hydrogen-bond donors (Lipinski definition) is 2. The van der Waals surface area contributed by atoms with E-state index in [1.54, 1.807) is 0 Å². The average Bonchev–Trinajstić information content (AvgIpc) is 3.05. The molecule has 140 valence electrons. The third-order valence-electron chi connectivity index (χ3n) is 5.38. The van der Waals surface area contributed by atoms with Crippen LogP contribution in [0.4, 0.5) is 11.8 Å². The van der Waals surface area contributed by atoms with Crippen LogP contribution in [0.2, 0.25) is 0 Å². The third kappa shape index (κ3) is 4.82. The predicted octanol–water partition coefficient (Wildman–Crippen LogP) is 2.93. The second-order valence-electron chi connectivity index (χ2n) is 7.12. The zero-order valence-electron chi connectivity index (χ0n) is 15.4. The maximum atomic E-state index is 9.12. The summed E-state index contributed by atoms with van der Waals surface area (Å²) in [5.74, 6) is 2.00. The first-order valence-electron chi connectivity index (χ1n) is 9.90. The standard InChI is InChI=1S/C19H32N4O2/c1-2-23(16-7-5-3-4-6-8-16)18-13-17(15-9-12-25-14-15)21-19(22-18)20-10-11-24/h13,15-16,24H,2-12,14H2,1H3,(H,20,21,22)/t15-/m1/s1. The lowest BCUT2D eigenvalue weighted by Gasteiger charge is -2.32. The number of rotatable bonds is 7. The van der Waals surface area contributed by atoms with Gasteiger partial charge in [0.25, 0.3) is 0 Å². The highest BCUT2D eigenvalue weighted by Gasteiger charge is 2.25. The van der Waals surface area contributed by atoms with Gasteiger partial charge in [0.15, 0.2) is 0 Å². The second-order valence-corrected chi connectivity index (χ2v) is 7.12. The van der Waals surface area contributed by atoms with Gasteiger partial charge in [0.1, 0.15) is 5.82 Å². The van der Waals surface area contributed by atoms with Crippen LogP contribution in [0, 0.1) is 0 Å². The smallest absolute Gasteiger partial charge is 0.224 e. The van der Waals surface area contributed by atoms with Crippen molar-refractivity contribution in [3.05, 3.63) is 11.8 Å². The van der Waals surface area contributed by atoms with Crippen LogP contribution in [-0.2, 0) is 4.74 Å². The summed E-state index contributed by atoms with van der Waals surface area (Å²) < 4.78 is 5.56. The fraction of sp³-hybridized carbons (Fsp3) is 0.789. The van der Waals surface area contributed by atoms with Crippen LogP contribution in [0.5, 0.6) is 0 Å². The Kier molecular flexibility index (Phi) is 6.87. The summed E-state index contributed by atoms with van der Waals surface area (Å²) in [5.41, 5.74) is 1.06. The van der Waals surface area contributed by atoms with Gasteiger partial charge in [-0.05, 0) is 26.2 Å². The van der Waals surface area contributed by atoms with Crippen molar-refractivity contribution >= 4 is 11.8 Å². The molecule has 1 aromatic heterocycles. The van der Waals surface area contributed by atoms with Gasteiger partial charge in [-0.3, -0.25) is 0 Å². The molecule has 1 saturated heterocycles. The molecule has 2 aliphatic rings. The molecule has 25 heavy (non-hydrogen) atoms. The molecular formula is C19H32N4O2. The Balaban J connectivity index is 1.86. The van der Waals surface area contributed by atoms with Gasteiger partial charge in [0.2, 0.25) is 5.95 Å². The highest BCUT2D eigenvalue weighted by molar-refractivity contribution is 5.46. The number of nitrogens with one attached hydrogen (secondary N) is 1. The van der Waals surface area contributed by atoms with Crippen molar-refractivity contribution in [1.82, 2.24) is 9.97 Å². The molecule has 1 atom stereocenters. The second kappa shape index (κ2) is 9.34. The van der Waals surface area contributed by atoms with E-state index in [9.17, 15) is 0 Å². The van der Waals surface area contributed by atoms with E-state index in [1.165, 1.54) is 38.5 Å². The fourth-order valence-corrected chi connectivity index (χ4v) is 4.00. The minimum absolute atomic E-state index is 0.0789. The molecule has 3 rings (SSSR count). The molecule has 1 saturated carbocycles. The zero-order valence-corrected chi connectivity index (χ0v) is 15.4. The summed E-state index contributed by atoms with van der Waals surface area (Å²) in [5, 5.41) is 12.3. The van der Waals surface area contributed by atoms with E-state index < -0.39 is 0 Å². The molecule has 0 radical (unpaired) electrons. The number of aromatic nitrogens is 2. The topological polar surface area (TPSA) is 70.5 Å². The molecule has 0 amide bonds. The third-order valence-corrected chi connectivity index (χ3v) is 5.38. The highest BCUT2D eigenvalue weighted by Crippen LogP contribution is 2.30. The van der Waals surface area contributed by atoms with Crippen LogP contribution in [0.25, 0.3) is 0 Å². The lowest BCUT2D eigenvalue weighted by molar-refractivity contribution is 0.193. The number of nitrogens with zero attached hydrogens (tertiary/aromatic N) is 3. The summed E-state index contributed by atoms with van der Waals surface area (Å²) in [6.07, 6.45) is 8.84. The number of hydrogen-bond acceptors (Lipinski definition) is 6. The Hall–Kier alpha value is -1.40. The first-order chi connectivity index (χ1) is 12.3. The van der Waals surface area contributed by atoms with E-state index in [4.69, 9.17) is 19.8 Å². The van der Waals surface area contributed by atoms with E-state index in [2.05, 4.69) is 23.2 Å². The Labute approximate surface area is 151 Å². The van der Waals surface area contributed by atoms with Gasteiger partial charge in [-0.25, -0.2) is 4.98 Å². The van der Waals surface area contributed by atoms with Crippen LogP contribution in [-0.4, -0.2) is 54.0 Å². The number of aliphatic hydroxyl groups excluding tert-OH is 1. The molecule has 0 spiro atoms. The Morgan fingerprint density at radius 3 is 2.64 bits per heavy atom. The first-order valence-corrected chi connectivity index (χ1v) is 9.90. The van der Waals surface area contributed by atoms with Gasteiger partial charge < -0.3 is 20.1 Å². The number of anilines is 2. The Morgan fingerprint density at radius 1 is 1.20 bits per heavy atom. The van der Waals surface area contributed by atoms with Crippen molar-refractivity contribution in [2.45, 2.75) is 63.8 Å². The van der Waals surface area contributed by atoms with Gasteiger partial charge in [0.05, 0.1) is 18.9 Å². The predicted molar refractivity (Wildman–Crippen MR) is 100 cm³/mol. The van der Waals surface area contributed by atoms with Crippen molar-refractivity contribution in [1.29, 1.82) is 0 Å². The van der Waals surface area contributed by atoms with Crippen molar-refractivity contribution in [2.75, 3.05) is 43.1 Å². The van der Waals surface area contributed by atoms with E-state index in [0.29, 0.717) is 24.5 Å². The van der Waals surface area contributed by atoms with Crippen LogP contribution in [0.1, 0.15) is 63.5 Å². The van der Waals surface area contributed by atoms with Crippen LogP contribution in [0.15, 0.2) is 6.07 Å². The first kappa shape index (κ1) is 18.4. The Bertz CT molecular complexity index is 526. The minimum Gasteiger partial charge on any atom is -0.395 e. The molecule has 2 fully saturated rings. The van der Waals surface area contributed by atoms with E-state index >= 15 is 0 Å². The van der Waals surface area contributed by atoms with Crippen molar-refractivity contribution in [3.8, 4) is 0 Å². The molecule has 0 aromatic carbocycles. The van der Waals surface area contributed by atoms with E-state index in [-0.39, 0.29) is 6.61 Å². The Morgan fingerprint density at radius 2 is 2.00 bits per heavy atom.